The molecule has 1 aromatic rings. The van der Waals surface area contributed by atoms with Crippen LogP contribution in [0.1, 0.15) is 64.2 Å². The minimum atomic E-state index is 0. The van der Waals surface area contributed by atoms with Crippen LogP contribution in [-0.2, 0) is 17.1 Å². The van der Waals surface area contributed by atoms with Crippen molar-refractivity contribution in [1.29, 1.82) is 0 Å². The molecule has 0 amide bonds. The first-order valence-electron chi connectivity index (χ1n) is 7.27. The van der Waals surface area contributed by atoms with Crippen LogP contribution in [0, 0.1) is 14.9 Å². The molecule has 0 spiro atoms. The minimum Gasteiger partial charge on any atom is -0.508 e. The zero-order valence-electron chi connectivity index (χ0n) is 13.6. The molecule has 2 aliphatic rings. The monoisotopic (exact) mass is 336 g/mol. The fourth-order valence-corrected chi connectivity index (χ4v) is 2.22. The van der Waals surface area contributed by atoms with Gasteiger partial charge in [0, 0.05) is 0 Å². The number of aromatic hydroxyl groups is 2. The van der Waals surface area contributed by atoms with Crippen molar-refractivity contribution in [2.45, 2.75) is 64.2 Å². The van der Waals surface area contributed by atoms with Gasteiger partial charge in [-0.1, -0.05) is 64.2 Å². The second kappa shape index (κ2) is 17.4. The van der Waals surface area contributed by atoms with Gasteiger partial charge in [0.05, 0.1) is 0 Å². The van der Waals surface area contributed by atoms with Gasteiger partial charge >= 0.3 is 17.1 Å². The van der Waals surface area contributed by atoms with E-state index in [1.807, 2.05) is 0 Å². The number of benzene rings is 1. The molecule has 0 atom stereocenters. The van der Waals surface area contributed by atoms with Crippen LogP contribution in [0.2, 0.25) is 0 Å². The summed E-state index contributed by atoms with van der Waals surface area (Å²) < 4.78 is 0. The van der Waals surface area contributed by atoms with E-state index in [-0.39, 0.29) is 43.4 Å². The van der Waals surface area contributed by atoms with E-state index in [1.165, 1.54) is 88.5 Å². The van der Waals surface area contributed by atoms with Gasteiger partial charge in [-0.15, -0.1) is 0 Å². The van der Waals surface area contributed by atoms with Crippen LogP contribution in [0.15, 0.2) is 24.3 Å². The SMILES string of the molecule is C1CCCC1.C1CCCC1.Oc1ccc(O)cc1.[CH3-].[CH3-].[Fe+2]. The molecule has 0 unspecified atom stereocenters. The van der Waals surface area contributed by atoms with E-state index in [0.717, 1.165) is 0 Å². The normalized spacial score (nSPS) is 14.9. The molecule has 0 heterocycles. The Labute approximate surface area is 142 Å². The Hall–Kier alpha value is -0.661. The van der Waals surface area contributed by atoms with Crippen molar-refractivity contribution in [3.8, 4) is 11.5 Å². The first kappa shape index (κ1) is 25.3. The number of hydrogen-bond acceptors (Lipinski definition) is 2. The molecular weight excluding hydrogens is 304 g/mol. The van der Waals surface area contributed by atoms with E-state index in [9.17, 15) is 0 Å². The number of hydrogen-bond donors (Lipinski definition) is 2. The summed E-state index contributed by atoms with van der Waals surface area (Å²) in [6.45, 7) is 0. The van der Waals surface area contributed by atoms with Crippen molar-refractivity contribution in [3.63, 3.8) is 0 Å². The van der Waals surface area contributed by atoms with Gasteiger partial charge in [-0.25, -0.2) is 0 Å². The zero-order valence-corrected chi connectivity index (χ0v) is 14.7. The van der Waals surface area contributed by atoms with Crippen molar-refractivity contribution in [3.05, 3.63) is 39.1 Å². The van der Waals surface area contributed by atoms with E-state index >= 15 is 0 Å². The summed E-state index contributed by atoms with van der Waals surface area (Å²) in [5.41, 5.74) is 0. The van der Waals surface area contributed by atoms with Gasteiger partial charge in [0.15, 0.2) is 0 Å². The molecule has 2 nitrogen and oxygen atoms in total. The predicted molar refractivity (Wildman–Crippen MR) is 88.8 cm³/mol. The van der Waals surface area contributed by atoms with Gasteiger partial charge in [-0.05, 0) is 24.3 Å². The fourth-order valence-electron chi connectivity index (χ4n) is 2.22. The second-order valence-electron chi connectivity index (χ2n) is 5.05. The van der Waals surface area contributed by atoms with E-state index in [2.05, 4.69) is 0 Å². The maximum atomic E-state index is 8.65. The van der Waals surface area contributed by atoms with Crippen LogP contribution in [0.3, 0.4) is 0 Å². The van der Waals surface area contributed by atoms with Gasteiger partial charge in [0.2, 0.25) is 0 Å². The topological polar surface area (TPSA) is 40.5 Å². The summed E-state index contributed by atoms with van der Waals surface area (Å²) in [4.78, 5) is 0. The fraction of sp³-hybridized carbons (Fsp3) is 0.556. The van der Waals surface area contributed by atoms with Gasteiger partial charge in [0.1, 0.15) is 11.5 Å². The van der Waals surface area contributed by atoms with Gasteiger partial charge in [0.25, 0.3) is 0 Å². The van der Waals surface area contributed by atoms with Crippen LogP contribution in [0.4, 0.5) is 0 Å². The molecule has 2 N–H and O–H groups in total. The number of rotatable bonds is 0. The standard InChI is InChI=1S/C6H6O2.2C5H10.2CH3.Fe/c7-5-1-2-6(8)4-3-5;2*1-2-4-5-3-1;;;/h1-4,7-8H;2*1-5H2;2*1H3;/q;;;2*-1;+2. The van der Waals surface area contributed by atoms with Crippen LogP contribution in [0.5, 0.6) is 11.5 Å². The van der Waals surface area contributed by atoms with Crippen LogP contribution in [0.25, 0.3) is 0 Å². The van der Waals surface area contributed by atoms with Gasteiger partial charge in [-0.2, -0.15) is 0 Å². The van der Waals surface area contributed by atoms with Crippen molar-refractivity contribution >= 4 is 0 Å². The van der Waals surface area contributed by atoms with E-state index in [1.54, 1.807) is 0 Å². The molecule has 0 saturated heterocycles. The second-order valence-corrected chi connectivity index (χ2v) is 5.05. The van der Waals surface area contributed by atoms with Crippen molar-refractivity contribution in [1.82, 2.24) is 0 Å². The largest absolute Gasteiger partial charge is 2.00 e. The molecule has 2 saturated carbocycles. The Morgan fingerprint density at radius 3 is 0.762 bits per heavy atom. The molecule has 3 rings (SSSR count). The third-order valence-corrected chi connectivity index (χ3v) is 3.35. The summed E-state index contributed by atoms with van der Waals surface area (Å²) in [6.07, 6.45) is 15.0. The summed E-state index contributed by atoms with van der Waals surface area (Å²) in [7, 11) is 0. The van der Waals surface area contributed by atoms with Crippen molar-refractivity contribution < 1.29 is 27.3 Å². The number of phenols is 2. The average Bonchev–Trinajstić information content (AvgIpc) is 3.11. The molecule has 0 aromatic heterocycles. The Balaban J connectivity index is -0.000000223. The van der Waals surface area contributed by atoms with E-state index in [4.69, 9.17) is 10.2 Å². The summed E-state index contributed by atoms with van der Waals surface area (Å²) in [6, 6.07) is 5.70. The molecule has 2 fully saturated rings. The molecule has 0 radical (unpaired) electrons. The summed E-state index contributed by atoms with van der Waals surface area (Å²) >= 11 is 0. The molecule has 124 valence electrons. The molecule has 3 heteroatoms. The summed E-state index contributed by atoms with van der Waals surface area (Å²) in [5, 5.41) is 17.3. The quantitative estimate of drug-likeness (QED) is 0.352. The maximum absolute atomic E-state index is 8.65. The van der Waals surface area contributed by atoms with Crippen LogP contribution < -0.4 is 0 Å². The first-order chi connectivity index (χ1) is 8.79. The smallest absolute Gasteiger partial charge is 0.508 e. The first-order valence-corrected chi connectivity index (χ1v) is 7.27. The molecule has 0 aliphatic heterocycles. The summed E-state index contributed by atoms with van der Waals surface area (Å²) in [5.74, 6) is 0.339. The Morgan fingerprint density at radius 2 is 0.619 bits per heavy atom. The third-order valence-electron chi connectivity index (χ3n) is 3.35. The van der Waals surface area contributed by atoms with Crippen LogP contribution in [-0.4, -0.2) is 10.2 Å². The van der Waals surface area contributed by atoms with Crippen molar-refractivity contribution in [2.75, 3.05) is 0 Å². The zero-order chi connectivity index (χ0) is 13.1. The molecule has 2 aliphatic carbocycles. The van der Waals surface area contributed by atoms with Crippen molar-refractivity contribution in [2.24, 2.45) is 0 Å². The number of phenolic OH excluding ortho intramolecular Hbond substituents is 2. The molecule has 21 heavy (non-hydrogen) atoms. The average molecular weight is 336 g/mol. The Kier molecular flexibility index (Phi) is 21.0. The predicted octanol–water partition coefficient (Wildman–Crippen LogP) is 5.90. The van der Waals surface area contributed by atoms with E-state index in [0.29, 0.717) is 0 Å². The molecule has 1 aromatic carbocycles. The van der Waals surface area contributed by atoms with Gasteiger partial charge in [-0.3, -0.25) is 0 Å². The Bertz CT molecular complexity index is 244. The van der Waals surface area contributed by atoms with Gasteiger partial charge < -0.3 is 25.1 Å². The van der Waals surface area contributed by atoms with E-state index < -0.39 is 0 Å². The molecular formula is C18H32FeO2. The van der Waals surface area contributed by atoms with Crippen LogP contribution >= 0.6 is 0 Å². The molecule has 0 bridgehead atoms. The maximum Gasteiger partial charge on any atom is 2.00 e. The Morgan fingerprint density at radius 1 is 0.476 bits per heavy atom. The minimum absolute atomic E-state index is 0. The third kappa shape index (κ3) is 15.5.